The first-order valence-corrected chi connectivity index (χ1v) is 12.7. The third-order valence-electron chi connectivity index (χ3n) is 5.67. The van der Waals surface area contributed by atoms with Crippen LogP contribution >= 0.6 is 0 Å². The SMILES string of the molecule is NC(N)=NCCC[C@@H](NC(=O)CNC(=O)CNC(=O)OCc1ccccc1)C(=O)Nc1ccc2ccccc2c1. The van der Waals surface area contributed by atoms with Crippen LogP contribution in [0.4, 0.5) is 10.5 Å². The van der Waals surface area contributed by atoms with E-state index in [2.05, 4.69) is 26.3 Å². The minimum absolute atomic E-state index is 0.0581. The Labute approximate surface area is 231 Å². The Morgan fingerprint density at radius 2 is 1.52 bits per heavy atom. The molecule has 3 rings (SSSR count). The lowest BCUT2D eigenvalue weighted by atomic mass is 10.1. The maximum Gasteiger partial charge on any atom is 0.407 e. The number of ether oxygens (including phenoxy) is 1. The maximum absolute atomic E-state index is 13.0. The van der Waals surface area contributed by atoms with E-state index in [1.165, 1.54) is 0 Å². The van der Waals surface area contributed by atoms with E-state index < -0.39 is 36.4 Å². The van der Waals surface area contributed by atoms with E-state index in [1.807, 2.05) is 54.6 Å². The van der Waals surface area contributed by atoms with E-state index in [1.54, 1.807) is 18.2 Å². The van der Waals surface area contributed by atoms with Crippen molar-refractivity contribution in [2.24, 2.45) is 16.5 Å². The van der Waals surface area contributed by atoms with Crippen molar-refractivity contribution in [3.63, 3.8) is 0 Å². The Balaban J connectivity index is 1.47. The molecule has 3 aromatic rings. The van der Waals surface area contributed by atoms with Gasteiger partial charge in [0.25, 0.3) is 0 Å². The number of alkyl carbamates (subject to hydrolysis) is 1. The van der Waals surface area contributed by atoms with Crippen LogP contribution in [0.15, 0.2) is 77.8 Å². The summed E-state index contributed by atoms with van der Waals surface area (Å²) in [5, 5.41) is 12.2. The number of fused-ring (bicyclic) bond motifs is 1. The van der Waals surface area contributed by atoms with Gasteiger partial charge in [-0.2, -0.15) is 0 Å². The highest BCUT2D eigenvalue weighted by molar-refractivity contribution is 5.99. The average molecular weight is 548 g/mol. The summed E-state index contributed by atoms with van der Waals surface area (Å²) < 4.78 is 5.04. The Kier molecular flexibility index (Phi) is 11.3. The first kappa shape index (κ1) is 29.4. The molecule has 0 bridgehead atoms. The Morgan fingerprint density at radius 3 is 2.27 bits per heavy atom. The molecular formula is C28H33N7O5. The summed E-state index contributed by atoms with van der Waals surface area (Å²) >= 11 is 0. The van der Waals surface area contributed by atoms with Gasteiger partial charge < -0.3 is 37.5 Å². The molecule has 0 radical (unpaired) electrons. The van der Waals surface area contributed by atoms with Crippen molar-refractivity contribution >= 4 is 46.2 Å². The molecule has 0 aliphatic heterocycles. The fourth-order valence-electron chi connectivity index (χ4n) is 3.68. The first-order chi connectivity index (χ1) is 19.3. The van der Waals surface area contributed by atoms with E-state index in [4.69, 9.17) is 16.2 Å². The van der Waals surface area contributed by atoms with E-state index in [0.29, 0.717) is 12.1 Å². The standard InChI is InChI=1S/C28H33N7O5/c29-27(30)31-14-6-11-23(26(38)34-22-13-12-20-9-4-5-10-21(20)15-22)35-25(37)17-32-24(36)16-33-28(39)40-18-19-7-2-1-3-8-19/h1-5,7-10,12-13,15,23H,6,11,14,16-18H2,(H,32,36)(H,33,39)(H,34,38)(H,35,37)(H4,29,30,31)/t23-/m1/s1. The molecule has 0 fully saturated rings. The second kappa shape index (κ2) is 15.3. The first-order valence-electron chi connectivity index (χ1n) is 12.7. The molecule has 210 valence electrons. The number of nitrogens with two attached hydrogens (primary N) is 2. The summed E-state index contributed by atoms with van der Waals surface area (Å²) in [5.74, 6) is -1.68. The van der Waals surface area contributed by atoms with Crippen LogP contribution in [0.25, 0.3) is 10.8 Å². The van der Waals surface area contributed by atoms with Crippen molar-refractivity contribution in [2.45, 2.75) is 25.5 Å². The van der Waals surface area contributed by atoms with Gasteiger partial charge in [0.2, 0.25) is 17.7 Å². The molecule has 40 heavy (non-hydrogen) atoms. The molecule has 0 aliphatic carbocycles. The summed E-state index contributed by atoms with van der Waals surface area (Å²) in [4.78, 5) is 53.4. The lowest BCUT2D eigenvalue weighted by Gasteiger charge is -2.19. The number of rotatable bonds is 13. The molecule has 0 saturated carbocycles. The number of nitrogens with one attached hydrogen (secondary N) is 4. The highest BCUT2D eigenvalue weighted by Gasteiger charge is 2.21. The third-order valence-corrected chi connectivity index (χ3v) is 5.67. The zero-order valence-electron chi connectivity index (χ0n) is 21.9. The van der Waals surface area contributed by atoms with Gasteiger partial charge in [-0.25, -0.2) is 4.79 Å². The summed E-state index contributed by atoms with van der Waals surface area (Å²) in [7, 11) is 0. The number of benzene rings is 3. The van der Waals surface area contributed by atoms with Crippen molar-refractivity contribution in [2.75, 3.05) is 25.0 Å². The number of carbonyl (C=O) groups is 4. The Morgan fingerprint density at radius 1 is 0.825 bits per heavy atom. The molecule has 3 aromatic carbocycles. The van der Waals surface area contributed by atoms with Gasteiger partial charge in [0.05, 0.1) is 6.54 Å². The van der Waals surface area contributed by atoms with Crippen LogP contribution in [0.2, 0.25) is 0 Å². The summed E-state index contributed by atoms with van der Waals surface area (Å²) in [6, 6.07) is 21.4. The van der Waals surface area contributed by atoms with Gasteiger partial charge in [-0.1, -0.05) is 60.7 Å². The van der Waals surface area contributed by atoms with Gasteiger partial charge >= 0.3 is 6.09 Å². The average Bonchev–Trinajstić information content (AvgIpc) is 2.95. The van der Waals surface area contributed by atoms with Crippen LogP contribution < -0.4 is 32.7 Å². The Bertz CT molecular complexity index is 1340. The number of guanidine groups is 1. The maximum atomic E-state index is 13.0. The molecular weight excluding hydrogens is 514 g/mol. The highest BCUT2D eigenvalue weighted by Crippen LogP contribution is 2.19. The molecule has 0 aromatic heterocycles. The van der Waals surface area contributed by atoms with E-state index in [0.717, 1.165) is 16.3 Å². The van der Waals surface area contributed by atoms with Crippen molar-refractivity contribution in [3.05, 3.63) is 78.4 Å². The predicted molar refractivity (Wildman–Crippen MR) is 152 cm³/mol. The van der Waals surface area contributed by atoms with Crippen molar-refractivity contribution in [1.82, 2.24) is 16.0 Å². The summed E-state index contributed by atoms with van der Waals surface area (Å²) in [6.07, 6.45) is -0.0882. The van der Waals surface area contributed by atoms with Crippen LogP contribution in [-0.2, 0) is 25.7 Å². The topological polar surface area (TPSA) is 190 Å². The van der Waals surface area contributed by atoms with E-state index >= 15 is 0 Å². The molecule has 0 unspecified atom stereocenters. The number of anilines is 1. The second-order valence-electron chi connectivity index (χ2n) is 8.81. The quantitative estimate of drug-likeness (QED) is 0.106. The van der Waals surface area contributed by atoms with E-state index in [-0.39, 0.29) is 32.1 Å². The van der Waals surface area contributed by atoms with Crippen LogP contribution in [0, 0.1) is 0 Å². The molecule has 4 amide bonds. The van der Waals surface area contributed by atoms with Crippen LogP contribution in [-0.4, -0.2) is 55.5 Å². The van der Waals surface area contributed by atoms with E-state index in [9.17, 15) is 19.2 Å². The molecule has 12 heteroatoms. The van der Waals surface area contributed by atoms with Gasteiger partial charge in [0.1, 0.15) is 19.2 Å². The van der Waals surface area contributed by atoms with Crippen LogP contribution in [0.3, 0.4) is 0 Å². The van der Waals surface area contributed by atoms with Crippen molar-refractivity contribution < 1.29 is 23.9 Å². The number of amides is 4. The van der Waals surface area contributed by atoms with Gasteiger partial charge in [0, 0.05) is 12.2 Å². The lowest BCUT2D eigenvalue weighted by Crippen LogP contribution is -2.48. The molecule has 1 atom stereocenters. The predicted octanol–water partition coefficient (Wildman–Crippen LogP) is 1.36. The summed E-state index contributed by atoms with van der Waals surface area (Å²) in [5.41, 5.74) is 12.1. The molecule has 8 N–H and O–H groups in total. The van der Waals surface area contributed by atoms with Crippen LogP contribution in [0.5, 0.6) is 0 Å². The monoisotopic (exact) mass is 547 g/mol. The van der Waals surface area contributed by atoms with Crippen molar-refractivity contribution in [3.8, 4) is 0 Å². The second-order valence-corrected chi connectivity index (χ2v) is 8.81. The van der Waals surface area contributed by atoms with Gasteiger partial charge in [-0.05, 0) is 41.3 Å². The minimum Gasteiger partial charge on any atom is -0.445 e. The molecule has 12 nitrogen and oxygen atoms in total. The summed E-state index contributed by atoms with van der Waals surface area (Å²) in [6.45, 7) is -0.443. The molecule has 0 heterocycles. The lowest BCUT2D eigenvalue weighted by molar-refractivity contribution is -0.128. The normalized spacial score (nSPS) is 11.1. The zero-order valence-corrected chi connectivity index (χ0v) is 21.9. The smallest absolute Gasteiger partial charge is 0.407 e. The van der Waals surface area contributed by atoms with Crippen molar-refractivity contribution in [1.29, 1.82) is 0 Å². The number of hydrogen-bond acceptors (Lipinski definition) is 6. The Hall–Kier alpha value is -5.13. The number of aliphatic imine (C=N–C) groups is 1. The third kappa shape index (κ3) is 10.3. The fourth-order valence-corrected chi connectivity index (χ4v) is 3.68. The zero-order chi connectivity index (χ0) is 28.7. The molecule has 0 saturated heterocycles. The van der Waals surface area contributed by atoms with Gasteiger partial charge in [-0.15, -0.1) is 0 Å². The number of hydrogen-bond donors (Lipinski definition) is 6. The number of nitrogens with zero attached hydrogens (tertiary/aromatic N) is 1. The molecule has 0 spiro atoms. The van der Waals surface area contributed by atoms with Gasteiger partial charge in [0.15, 0.2) is 5.96 Å². The highest BCUT2D eigenvalue weighted by atomic mass is 16.5. The fraction of sp³-hybridized carbons (Fsp3) is 0.250. The largest absolute Gasteiger partial charge is 0.445 e. The van der Waals surface area contributed by atoms with Gasteiger partial charge in [-0.3, -0.25) is 19.4 Å². The minimum atomic E-state index is -0.906. The number of carbonyl (C=O) groups excluding carboxylic acids is 4. The molecule has 0 aliphatic rings. The van der Waals surface area contributed by atoms with Crippen LogP contribution in [0.1, 0.15) is 18.4 Å².